The highest BCUT2D eigenvalue weighted by molar-refractivity contribution is 7.57. The number of ether oxygens (including phenoxy) is 1. The summed E-state index contributed by atoms with van der Waals surface area (Å²) in [6, 6.07) is 10.8. The van der Waals surface area contributed by atoms with Crippen LogP contribution in [-0.4, -0.2) is 119 Å². The summed E-state index contributed by atoms with van der Waals surface area (Å²) in [7, 11) is -3.31. The van der Waals surface area contributed by atoms with Crippen LogP contribution >= 0.6 is 18.9 Å². The fourth-order valence-electron chi connectivity index (χ4n) is 10.6. The first-order valence-electron chi connectivity index (χ1n) is 23.3. The van der Waals surface area contributed by atoms with E-state index in [4.69, 9.17) is 4.74 Å². The maximum atomic E-state index is 16.3. The second-order valence-electron chi connectivity index (χ2n) is 19.2. The third-order valence-corrected chi connectivity index (χ3v) is 17.9. The van der Waals surface area contributed by atoms with Crippen LogP contribution in [0.2, 0.25) is 0 Å². The van der Waals surface area contributed by atoms with Crippen LogP contribution < -0.4 is 10.4 Å². The van der Waals surface area contributed by atoms with Gasteiger partial charge in [-0.2, -0.15) is 26.3 Å². The van der Waals surface area contributed by atoms with Crippen LogP contribution in [0, 0.1) is 5.92 Å². The minimum absolute atomic E-state index is 0.0293. The van der Waals surface area contributed by atoms with E-state index in [-0.39, 0.29) is 71.1 Å². The number of rotatable bonds is 15. The Morgan fingerprint density at radius 2 is 1.69 bits per heavy atom. The average molecular weight is 1000 g/mol. The predicted molar refractivity (Wildman–Crippen MR) is 239 cm³/mol. The van der Waals surface area contributed by atoms with Crippen LogP contribution in [0.15, 0.2) is 54.6 Å². The highest BCUT2D eigenvalue weighted by Crippen LogP contribution is 2.59. The molecule has 3 amide bonds. The molecule has 12 nitrogen and oxygen atoms in total. The van der Waals surface area contributed by atoms with E-state index in [1.54, 1.807) is 18.9 Å². The van der Waals surface area contributed by atoms with Crippen LogP contribution in [0.4, 0.5) is 30.7 Å². The van der Waals surface area contributed by atoms with Crippen molar-refractivity contribution in [2.24, 2.45) is 5.92 Å². The summed E-state index contributed by atoms with van der Waals surface area (Å²) >= 11 is 0.991. The quantitative estimate of drug-likeness (QED) is 0.0867. The van der Waals surface area contributed by atoms with Crippen molar-refractivity contribution < 1.29 is 63.7 Å². The van der Waals surface area contributed by atoms with Gasteiger partial charge in [0.15, 0.2) is 6.61 Å². The van der Waals surface area contributed by atoms with E-state index in [9.17, 15) is 50.1 Å². The molecule has 372 valence electrons. The van der Waals surface area contributed by atoms with E-state index < -0.39 is 80.3 Å². The maximum Gasteiger partial charge on any atom is 0.412 e. The van der Waals surface area contributed by atoms with Crippen LogP contribution in [-0.2, 0) is 28.2 Å². The van der Waals surface area contributed by atoms with Crippen molar-refractivity contribution in [1.82, 2.24) is 25.1 Å². The highest BCUT2D eigenvalue weighted by atomic mass is 32.1. The third kappa shape index (κ3) is 10.6. The molecular formula is C47H57F7N5O7PS. The summed E-state index contributed by atoms with van der Waals surface area (Å²) < 4.78 is 121. The molecular weight excluding hydrogens is 943 g/mol. The number of nitrogens with one attached hydrogen (secondary N) is 2. The zero-order valence-corrected chi connectivity index (χ0v) is 39.7. The molecule has 0 unspecified atom stereocenters. The first kappa shape index (κ1) is 50.3. The first-order valence-corrected chi connectivity index (χ1v) is 25.8. The lowest BCUT2D eigenvalue weighted by molar-refractivity contribution is -0.207. The molecule has 3 aliphatic heterocycles. The van der Waals surface area contributed by atoms with E-state index in [1.807, 2.05) is 28.0 Å². The number of hydrogen-bond donors (Lipinski definition) is 2. The molecule has 2 saturated carbocycles. The minimum atomic E-state index is -5.11. The largest absolute Gasteiger partial charge is 0.465 e. The van der Waals surface area contributed by atoms with Gasteiger partial charge >= 0.3 is 25.8 Å². The van der Waals surface area contributed by atoms with E-state index in [1.165, 1.54) is 24.3 Å². The van der Waals surface area contributed by atoms with Crippen molar-refractivity contribution >= 4 is 52.6 Å². The van der Waals surface area contributed by atoms with Gasteiger partial charge in [-0.05, 0) is 119 Å². The van der Waals surface area contributed by atoms with Crippen molar-refractivity contribution in [3.63, 3.8) is 0 Å². The standard InChI is InChI=1S/C47H57F7N5O7PS/c1-4-18-65-44(63)27(2)56-67(64,66-26-46(49,50)51)40(48)29-10-15-38-30(19-29)20-39(68-38)41(60)55-36-13-11-33(57(3)35-21-32(22-35)47(52,53)54)23-34-12-14-37(59(34)42(36)61)43(62)58-25-31(24-45(58)16-17-45)28-8-6-5-7-9-28/h5-10,15,19-20,27,31-37,40H,4,11-14,16-18,21-26H2,1-3H3,(H,55,60)(H,56,64)/t27-,31+,32?,33-,34+,35?,36-,37-,40+,67+/m0/s1. The molecule has 5 fully saturated rings. The summed E-state index contributed by atoms with van der Waals surface area (Å²) in [4.78, 5) is 61.9. The molecule has 3 saturated heterocycles. The van der Waals surface area contributed by atoms with Crippen molar-refractivity contribution in [3.8, 4) is 0 Å². The number of carbonyl (C=O) groups excluding carboxylic acids is 4. The SMILES string of the molecule is CCCOC(=O)[C@H](C)N[P@](=O)(OCC(F)(F)F)[C@@H](F)c1ccc2sc(C(=O)N[C@H]3CC[C@H](N(C)C4CC(C(F)(F)F)C4)C[C@H]4CC[C@@H](C(=O)N5C[C@H](c6ccccc6)CC56CC6)N4C3=O)cc2c1. The Balaban J connectivity index is 1.03. The number of carbonyl (C=O) groups is 4. The fourth-order valence-corrected chi connectivity index (χ4v) is 13.4. The minimum Gasteiger partial charge on any atom is -0.465 e. The third-order valence-electron chi connectivity index (χ3n) is 14.6. The maximum absolute atomic E-state index is 16.3. The molecule has 8 rings (SSSR count). The van der Waals surface area contributed by atoms with Gasteiger partial charge in [0.2, 0.25) is 17.7 Å². The van der Waals surface area contributed by atoms with Gasteiger partial charge in [0.25, 0.3) is 5.91 Å². The average Bonchev–Trinajstić information content (AvgIpc) is 3.55. The molecule has 1 spiro atoms. The van der Waals surface area contributed by atoms with Gasteiger partial charge in [0, 0.05) is 40.8 Å². The Labute approximate surface area is 394 Å². The van der Waals surface area contributed by atoms with Crippen molar-refractivity contribution in [1.29, 1.82) is 0 Å². The summed E-state index contributed by atoms with van der Waals surface area (Å²) in [5, 5.41) is 5.25. The zero-order chi connectivity index (χ0) is 48.9. The van der Waals surface area contributed by atoms with Crippen LogP contribution in [0.25, 0.3) is 10.1 Å². The van der Waals surface area contributed by atoms with Gasteiger partial charge in [-0.1, -0.05) is 43.3 Å². The molecule has 21 heteroatoms. The van der Waals surface area contributed by atoms with Crippen LogP contribution in [0.5, 0.6) is 0 Å². The zero-order valence-electron chi connectivity index (χ0n) is 38.0. The molecule has 2 aromatic carbocycles. The summed E-state index contributed by atoms with van der Waals surface area (Å²) in [6.07, 6.45) is -4.53. The number of amides is 3. The number of esters is 1. The van der Waals surface area contributed by atoms with E-state index in [0.29, 0.717) is 43.3 Å². The number of halogens is 7. The van der Waals surface area contributed by atoms with E-state index in [0.717, 1.165) is 43.1 Å². The number of benzene rings is 2. The van der Waals surface area contributed by atoms with Gasteiger partial charge in [0.1, 0.15) is 18.1 Å². The van der Waals surface area contributed by atoms with Crippen molar-refractivity contribution in [2.75, 3.05) is 26.8 Å². The molecule has 8 atom stereocenters. The summed E-state index contributed by atoms with van der Waals surface area (Å²) in [6.45, 7) is 1.27. The predicted octanol–water partition coefficient (Wildman–Crippen LogP) is 9.40. The topological polar surface area (TPSA) is 138 Å². The molecule has 1 aromatic heterocycles. The summed E-state index contributed by atoms with van der Waals surface area (Å²) in [5.41, 5.74) is 0.498. The molecule has 2 N–H and O–H groups in total. The fraction of sp³-hybridized carbons (Fsp3) is 0.617. The van der Waals surface area contributed by atoms with Crippen molar-refractivity contribution in [3.05, 3.63) is 70.6 Å². The number of thiophene rings is 1. The molecule has 4 heterocycles. The second-order valence-corrected chi connectivity index (χ2v) is 22.5. The number of alkyl halides is 7. The van der Waals surface area contributed by atoms with Crippen LogP contribution in [0.1, 0.15) is 117 Å². The highest BCUT2D eigenvalue weighted by Gasteiger charge is 2.59. The molecule has 3 aromatic rings. The Morgan fingerprint density at radius 3 is 2.35 bits per heavy atom. The molecule has 5 aliphatic rings. The normalized spacial score (nSPS) is 27.8. The first-order chi connectivity index (χ1) is 32.1. The Morgan fingerprint density at radius 1 is 0.971 bits per heavy atom. The Hall–Kier alpha value is -4.10. The number of likely N-dealkylation sites (tertiary alicyclic amines) is 1. The van der Waals surface area contributed by atoms with E-state index in [2.05, 4.69) is 27.1 Å². The molecule has 2 aliphatic carbocycles. The molecule has 68 heavy (non-hydrogen) atoms. The smallest absolute Gasteiger partial charge is 0.412 e. The lowest BCUT2D eigenvalue weighted by Crippen LogP contribution is -2.60. The second kappa shape index (κ2) is 19.6. The summed E-state index contributed by atoms with van der Waals surface area (Å²) in [5.74, 6) is -6.14. The monoisotopic (exact) mass is 999 g/mol. The lowest BCUT2D eigenvalue weighted by atomic mass is 9.77. The van der Waals surface area contributed by atoms with Gasteiger partial charge in [-0.15, -0.1) is 11.3 Å². The van der Waals surface area contributed by atoms with Crippen LogP contribution in [0.3, 0.4) is 0 Å². The molecule has 0 bridgehead atoms. The number of fused-ring (bicyclic) bond motifs is 2. The molecule has 0 radical (unpaired) electrons. The van der Waals surface area contributed by atoms with Crippen molar-refractivity contribution in [2.45, 2.75) is 150 Å². The van der Waals surface area contributed by atoms with Gasteiger partial charge in [-0.3, -0.25) is 23.7 Å². The lowest BCUT2D eigenvalue weighted by Gasteiger charge is -2.47. The van der Waals surface area contributed by atoms with E-state index >= 15 is 4.39 Å². The van der Waals surface area contributed by atoms with Gasteiger partial charge in [0.05, 0.1) is 17.4 Å². The van der Waals surface area contributed by atoms with Gasteiger partial charge in [-0.25, -0.2) is 9.48 Å². The number of hydrogen-bond acceptors (Lipinski definition) is 9. The Bertz CT molecular complexity index is 2400. The number of nitrogens with zero attached hydrogens (tertiary/aromatic N) is 3. The Kier molecular flexibility index (Phi) is 14.5. The van der Waals surface area contributed by atoms with Gasteiger partial charge < -0.3 is 29.3 Å².